The Morgan fingerprint density at radius 3 is 2.69 bits per heavy atom. The zero-order valence-electron chi connectivity index (χ0n) is 9.78. The van der Waals surface area contributed by atoms with Crippen LogP contribution in [0, 0.1) is 0 Å². The quantitative estimate of drug-likeness (QED) is 0.788. The lowest BCUT2D eigenvalue weighted by atomic mass is 9.77. The predicted molar refractivity (Wildman–Crippen MR) is 65.6 cm³/mol. The van der Waals surface area contributed by atoms with Crippen molar-refractivity contribution in [3.05, 3.63) is 35.4 Å². The average Bonchev–Trinajstić information content (AvgIpc) is 2.25. The number of hydrogen-bond acceptors (Lipinski definition) is 2. The molecular weight excluding hydrogens is 198 g/mol. The summed E-state index contributed by atoms with van der Waals surface area (Å²) in [6, 6.07) is 7.60. The third-order valence-electron chi connectivity index (χ3n) is 3.55. The first kappa shape index (κ1) is 11.3. The first-order valence-electron chi connectivity index (χ1n) is 6.12. The summed E-state index contributed by atoms with van der Waals surface area (Å²) >= 11 is 0. The normalized spacial score (nSPS) is 17.9. The van der Waals surface area contributed by atoms with Gasteiger partial charge in [0.05, 0.1) is 6.04 Å². The van der Waals surface area contributed by atoms with E-state index < -0.39 is 0 Å². The van der Waals surface area contributed by atoms with Gasteiger partial charge in [0.1, 0.15) is 0 Å². The predicted octanol–water partition coefficient (Wildman–Crippen LogP) is 2.87. The molecule has 1 aromatic rings. The van der Waals surface area contributed by atoms with Gasteiger partial charge in [0.2, 0.25) is 0 Å². The van der Waals surface area contributed by atoms with E-state index in [2.05, 4.69) is 6.07 Å². The highest BCUT2D eigenvalue weighted by molar-refractivity contribution is 6.01. The van der Waals surface area contributed by atoms with Crippen molar-refractivity contribution in [1.82, 2.24) is 0 Å². The fraction of sp³-hybridized carbons (Fsp3) is 0.500. The van der Waals surface area contributed by atoms with Crippen molar-refractivity contribution in [3.63, 3.8) is 0 Å². The summed E-state index contributed by atoms with van der Waals surface area (Å²) in [7, 11) is 0. The average molecular weight is 217 g/mol. The van der Waals surface area contributed by atoms with E-state index >= 15 is 0 Å². The van der Waals surface area contributed by atoms with Crippen LogP contribution in [0.4, 0.5) is 0 Å². The number of benzene rings is 1. The number of carbonyl (C=O) groups excluding carboxylic acids is 1. The molecule has 16 heavy (non-hydrogen) atoms. The Morgan fingerprint density at radius 1 is 1.44 bits per heavy atom. The lowest BCUT2D eigenvalue weighted by molar-refractivity contribution is 0.0957. The van der Waals surface area contributed by atoms with Gasteiger partial charge < -0.3 is 5.73 Å². The van der Waals surface area contributed by atoms with E-state index in [1.807, 2.05) is 25.1 Å². The maximum absolute atomic E-state index is 12.1. The van der Waals surface area contributed by atoms with Crippen LogP contribution < -0.4 is 5.73 Å². The van der Waals surface area contributed by atoms with E-state index in [1.54, 1.807) is 0 Å². The SMILES string of the molecule is CCC(N)C(=O)c1ccccc1C1CCC1. The fourth-order valence-corrected chi connectivity index (χ4v) is 2.18. The monoisotopic (exact) mass is 217 g/mol. The maximum Gasteiger partial charge on any atom is 0.179 e. The summed E-state index contributed by atoms with van der Waals surface area (Å²) in [4.78, 5) is 12.1. The molecule has 2 rings (SSSR count). The third-order valence-corrected chi connectivity index (χ3v) is 3.55. The van der Waals surface area contributed by atoms with Gasteiger partial charge in [0.25, 0.3) is 0 Å². The molecule has 0 heterocycles. The largest absolute Gasteiger partial charge is 0.321 e. The Hall–Kier alpha value is -1.15. The molecule has 0 aliphatic heterocycles. The molecule has 2 N–H and O–H groups in total. The summed E-state index contributed by atoms with van der Waals surface area (Å²) in [5, 5.41) is 0. The van der Waals surface area contributed by atoms with E-state index in [9.17, 15) is 4.79 Å². The minimum Gasteiger partial charge on any atom is -0.321 e. The highest BCUT2D eigenvalue weighted by Gasteiger charge is 2.25. The molecule has 1 aliphatic carbocycles. The molecule has 1 aliphatic rings. The van der Waals surface area contributed by atoms with Crippen molar-refractivity contribution < 1.29 is 4.79 Å². The van der Waals surface area contributed by atoms with Crippen LogP contribution in [-0.2, 0) is 0 Å². The van der Waals surface area contributed by atoms with Crippen molar-refractivity contribution in [2.75, 3.05) is 0 Å². The Balaban J connectivity index is 2.28. The number of carbonyl (C=O) groups is 1. The van der Waals surface area contributed by atoms with E-state index in [4.69, 9.17) is 5.73 Å². The van der Waals surface area contributed by atoms with Crippen LogP contribution in [0.1, 0.15) is 54.4 Å². The molecule has 0 aromatic heterocycles. The van der Waals surface area contributed by atoms with Crippen LogP contribution >= 0.6 is 0 Å². The first-order chi connectivity index (χ1) is 7.74. The van der Waals surface area contributed by atoms with E-state index in [1.165, 1.54) is 24.8 Å². The van der Waals surface area contributed by atoms with Crippen LogP contribution in [0.5, 0.6) is 0 Å². The van der Waals surface area contributed by atoms with E-state index in [0.717, 1.165) is 5.56 Å². The second-order valence-electron chi connectivity index (χ2n) is 4.59. The molecule has 1 fully saturated rings. The summed E-state index contributed by atoms with van der Waals surface area (Å²) < 4.78 is 0. The minimum absolute atomic E-state index is 0.102. The summed E-state index contributed by atoms with van der Waals surface area (Å²) in [5.74, 6) is 0.689. The number of Topliss-reactive ketones (excluding diaryl/α,β-unsaturated/α-hetero) is 1. The van der Waals surface area contributed by atoms with Crippen LogP contribution in [0.2, 0.25) is 0 Å². The molecule has 1 unspecified atom stereocenters. The van der Waals surface area contributed by atoms with Crippen LogP contribution in [0.15, 0.2) is 24.3 Å². The van der Waals surface area contributed by atoms with Gasteiger partial charge in [-0.3, -0.25) is 4.79 Å². The molecule has 1 atom stereocenters. The molecule has 0 spiro atoms. The molecule has 0 bridgehead atoms. The second kappa shape index (κ2) is 4.79. The van der Waals surface area contributed by atoms with Crippen molar-refractivity contribution in [2.45, 2.75) is 44.6 Å². The molecule has 1 saturated carbocycles. The van der Waals surface area contributed by atoms with Crippen molar-refractivity contribution in [2.24, 2.45) is 5.73 Å². The summed E-state index contributed by atoms with van der Waals surface area (Å²) in [5.41, 5.74) is 7.89. The van der Waals surface area contributed by atoms with Gasteiger partial charge in [0, 0.05) is 5.56 Å². The Labute approximate surface area is 96.8 Å². The molecule has 2 heteroatoms. The standard InChI is InChI=1S/C14H19NO/c1-2-13(15)14(16)12-9-4-3-8-11(12)10-6-5-7-10/h3-4,8-10,13H,2,5-7,15H2,1H3. The fourth-order valence-electron chi connectivity index (χ4n) is 2.18. The zero-order valence-corrected chi connectivity index (χ0v) is 9.78. The highest BCUT2D eigenvalue weighted by Crippen LogP contribution is 2.38. The van der Waals surface area contributed by atoms with Gasteiger partial charge in [-0.15, -0.1) is 0 Å². The van der Waals surface area contributed by atoms with Crippen LogP contribution in [0.3, 0.4) is 0 Å². The second-order valence-corrected chi connectivity index (χ2v) is 4.59. The molecule has 0 saturated heterocycles. The van der Waals surface area contributed by atoms with Gasteiger partial charge in [-0.25, -0.2) is 0 Å². The Kier molecular flexibility index (Phi) is 3.39. The zero-order chi connectivity index (χ0) is 11.5. The molecule has 0 amide bonds. The van der Waals surface area contributed by atoms with Crippen molar-refractivity contribution in [1.29, 1.82) is 0 Å². The number of nitrogens with two attached hydrogens (primary N) is 1. The van der Waals surface area contributed by atoms with E-state index in [-0.39, 0.29) is 11.8 Å². The summed E-state index contributed by atoms with van der Waals surface area (Å²) in [6.45, 7) is 1.95. The Bertz CT molecular complexity index is 382. The molecule has 2 nitrogen and oxygen atoms in total. The Morgan fingerprint density at radius 2 is 2.12 bits per heavy atom. The van der Waals surface area contributed by atoms with E-state index in [0.29, 0.717) is 12.3 Å². The maximum atomic E-state index is 12.1. The lowest BCUT2D eigenvalue weighted by Crippen LogP contribution is -2.31. The molecular formula is C14H19NO. The third kappa shape index (κ3) is 2.03. The van der Waals surface area contributed by atoms with Gasteiger partial charge in [-0.05, 0) is 30.7 Å². The smallest absolute Gasteiger partial charge is 0.179 e. The van der Waals surface area contributed by atoms with Crippen LogP contribution in [-0.4, -0.2) is 11.8 Å². The minimum atomic E-state index is -0.346. The van der Waals surface area contributed by atoms with Crippen molar-refractivity contribution >= 4 is 5.78 Å². The molecule has 86 valence electrons. The van der Waals surface area contributed by atoms with Gasteiger partial charge >= 0.3 is 0 Å². The highest BCUT2D eigenvalue weighted by atomic mass is 16.1. The number of hydrogen-bond donors (Lipinski definition) is 1. The number of ketones is 1. The van der Waals surface area contributed by atoms with Gasteiger partial charge in [-0.2, -0.15) is 0 Å². The van der Waals surface area contributed by atoms with Crippen LogP contribution in [0.25, 0.3) is 0 Å². The topological polar surface area (TPSA) is 43.1 Å². The van der Waals surface area contributed by atoms with Gasteiger partial charge in [0.15, 0.2) is 5.78 Å². The number of rotatable bonds is 4. The molecule has 1 aromatic carbocycles. The molecule has 0 radical (unpaired) electrons. The van der Waals surface area contributed by atoms with Crippen molar-refractivity contribution in [3.8, 4) is 0 Å². The van der Waals surface area contributed by atoms with Gasteiger partial charge in [-0.1, -0.05) is 37.6 Å². The first-order valence-corrected chi connectivity index (χ1v) is 6.12. The lowest BCUT2D eigenvalue weighted by Gasteiger charge is -2.28. The summed E-state index contributed by atoms with van der Waals surface area (Å²) in [6.07, 6.45) is 4.42.